The van der Waals surface area contributed by atoms with Gasteiger partial charge >= 0.3 is 0 Å². The van der Waals surface area contributed by atoms with Crippen molar-refractivity contribution in [2.24, 2.45) is 0 Å². The lowest BCUT2D eigenvalue weighted by Gasteiger charge is -2.32. The lowest BCUT2D eigenvalue weighted by atomic mass is 10.1. The molecule has 1 amide bonds. The predicted octanol–water partition coefficient (Wildman–Crippen LogP) is 2.33. The molecule has 2 aliphatic rings. The fraction of sp³-hybridized carbons (Fsp3) is 0.529. The van der Waals surface area contributed by atoms with E-state index in [0.717, 1.165) is 37.1 Å². The number of hydrogen-bond acceptors (Lipinski definition) is 6. The summed E-state index contributed by atoms with van der Waals surface area (Å²) in [6.07, 6.45) is 3.96. The van der Waals surface area contributed by atoms with Crippen LogP contribution in [-0.4, -0.2) is 45.4 Å². The molecule has 2 aromatic heterocycles. The smallest absolute Gasteiger partial charge is 0.276 e. The molecule has 4 rings (SSSR count). The van der Waals surface area contributed by atoms with Gasteiger partial charge in [-0.05, 0) is 38.7 Å². The van der Waals surface area contributed by atoms with Crippen LogP contribution in [0.1, 0.15) is 53.5 Å². The largest absolute Gasteiger partial charge is 0.471 e. The molecule has 1 aliphatic carbocycles. The normalized spacial score (nSPS) is 20.9. The van der Waals surface area contributed by atoms with Crippen molar-refractivity contribution in [1.82, 2.24) is 20.3 Å². The van der Waals surface area contributed by atoms with Gasteiger partial charge in [0.05, 0.1) is 12.2 Å². The first kappa shape index (κ1) is 15.1. The molecule has 0 N–H and O–H groups in total. The summed E-state index contributed by atoms with van der Waals surface area (Å²) >= 11 is 0. The van der Waals surface area contributed by atoms with Crippen LogP contribution in [-0.2, 0) is 0 Å². The number of carbonyl (C=O) groups is 1. The molecule has 1 saturated carbocycles. The van der Waals surface area contributed by atoms with Gasteiger partial charge in [-0.15, -0.1) is 5.10 Å². The molecule has 126 valence electrons. The molecule has 0 bridgehead atoms. The predicted molar refractivity (Wildman–Crippen MR) is 84.8 cm³/mol. The van der Waals surface area contributed by atoms with E-state index in [1.807, 2.05) is 19.1 Å². The minimum absolute atomic E-state index is 0.0745. The summed E-state index contributed by atoms with van der Waals surface area (Å²) in [4.78, 5) is 14.4. The van der Waals surface area contributed by atoms with Crippen molar-refractivity contribution < 1.29 is 14.1 Å². The number of amides is 1. The van der Waals surface area contributed by atoms with Crippen molar-refractivity contribution in [3.63, 3.8) is 0 Å². The van der Waals surface area contributed by atoms with Gasteiger partial charge in [-0.25, -0.2) is 0 Å². The Labute approximate surface area is 140 Å². The standard InChI is InChI=1S/C17H20N4O3/c1-11-4-7-16(19-18-11)23-13-3-2-8-21(10-13)17(22)14-9-15(24-20-14)12-5-6-12/h4,7,9,12-13H,2-3,5-6,8,10H2,1H3. The van der Waals surface area contributed by atoms with Crippen LogP contribution < -0.4 is 4.74 Å². The number of rotatable bonds is 4. The highest BCUT2D eigenvalue weighted by Crippen LogP contribution is 2.40. The van der Waals surface area contributed by atoms with Crippen molar-refractivity contribution in [3.05, 3.63) is 35.3 Å². The zero-order valence-electron chi connectivity index (χ0n) is 13.6. The van der Waals surface area contributed by atoms with E-state index in [1.165, 1.54) is 0 Å². The van der Waals surface area contributed by atoms with Gasteiger partial charge in [-0.2, -0.15) is 5.10 Å². The molecule has 24 heavy (non-hydrogen) atoms. The summed E-state index contributed by atoms with van der Waals surface area (Å²) in [7, 11) is 0. The highest BCUT2D eigenvalue weighted by atomic mass is 16.5. The molecular weight excluding hydrogens is 308 g/mol. The molecule has 0 aromatic carbocycles. The molecule has 2 fully saturated rings. The van der Waals surface area contributed by atoms with E-state index in [0.29, 0.717) is 30.6 Å². The molecule has 7 nitrogen and oxygen atoms in total. The lowest BCUT2D eigenvalue weighted by molar-refractivity contribution is 0.0516. The molecule has 2 aromatic rings. The van der Waals surface area contributed by atoms with Gasteiger partial charge in [-0.3, -0.25) is 4.79 Å². The molecule has 3 heterocycles. The van der Waals surface area contributed by atoms with Crippen LogP contribution in [0.5, 0.6) is 5.88 Å². The Morgan fingerprint density at radius 3 is 2.92 bits per heavy atom. The summed E-state index contributed by atoms with van der Waals surface area (Å²) in [5.41, 5.74) is 1.24. The Balaban J connectivity index is 1.39. The van der Waals surface area contributed by atoms with E-state index in [2.05, 4.69) is 15.4 Å². The average molecular weight is 328 g/mol. The summed E-state index contributed by atoms with van der Waals surface area (Å²) in [6.45, 7) is 3.12. The highest BCUT2D eigenvalue weighted by Gasteiger charge is 2.31. The maximum absolute atomic E-state index is 12.6. The Morgan fingerprint density at radius 2 is 2.17 bits per heavy atom. The van der Waals surface area contributed by atoms with Gasteiger partial charge in [0.2, 0.25) is 5.88 Å². The first-order chi connectivity index (χ1) is 11.7. The number of ether oxygens (including phenoxy) is 1. The molecule has 1 saturated heterocycles. The van der Waals surface area contributed by atoms with Crippen molar-refractivity contribution >= 4 is 5.91 Å². The third kappa shape index (κ3) is 3.25. The number of carbonyl (C=O) groups excluding carboxylic acids is 1. The van der Waals surface area contributed by atoms with Gasteiger partial charge in [0, 0.05) is 24.6 Å². The SMILES string of the molecule is Cc1ccc(OC2CCCN(C(=O)c3cc(C4CC4)on3)C2)nn1. The number of hydrogen-bond donors (Lipinski definition) is 0. The van der Waals surface area contributed by atoms with Crippen molar-refractivity contribution in [2.75, 3.05) is 13.1 Å². The molecule has 1 atom stereocenters. The van der Waals surface area contributed by atoms with Gasteiger partial charge in [0.15, 0.2) is 5.69 Å². The van der Waals surface area contributed by atoms with E-state index in [4.69, 9.17) is 9.26 Å². The first-order valence-corrected chi connectivity index (χ1v) is 8.42. The Hall–Kier alpha value is -2.44. The fourth-order valence-electron chi connectivity index (χ4n) is 2.95. The quantitative estimate of drug-likeness (QED) is 0.857. The van der Waals surface area contributed by atoms with Gasteiger partial charge in [0.25, 0.3) is 5.91 Å². The van der Waals surface area contributed by atoms with E-state index < -0.39 is 0 Å². The van der Waals surface area contributed by atoms with E-state index in [9.17, 15) is 4.79 Å². The Bertz CT molecular complexity index is 724. The number of aromatic nitrogens is 3. The third-order valence-corrected chi connectivity index (χ3v) is 4.45. The van der Waals surface area contributed by atoms with Crippen LogP contribution in [0.25, 0.3) is 0 Å². The zero-order valence-corrected chi connectivity index (χ0v) is 13.6. The second kappa shape index (κ2) is 6.22. The van der Waals surface area contributed by atoms with Crippen LogP contribution in [0.15, 0.2) is 22.7 Å². The topological polar surface area (TPSA) is 81.4 Å². The fourth-order valence-corrected chi connectivity index (χ4v) is 2.95. The average Bonchev–Trinajstić information content (AvgIpc) is 3.34. The maximum Gasteiger partial charge on any atom is 0.276 e. The van der Waals surface area contributed by atoms with E-state index >= 15 is 0 Å². The van der Waals surface area contributed by atoms with Crippen molar-refractivity contribution in [1.29, 1.82) is 0 Å². The maximum atomic E-state index is 12.6. The number of likely N-dealkylation sites (tertiary alicyclic amines) is 1. The lowest BCUT2D eigenvalue weighted by Crippen LogP contribution is -2.44. The Kier molecular flexibility index (Phi) is 3.92. The van der Waals surface area contributed by atoms with Gasteiger partial charge in [-0.1, -0.05) is 5.16 Å². The van der Waals surface area contributed by atoms with Crippen LogP contribution in [0.2, 0.25) is 0 Å². The zero-order chi connectivity index (χ0) is 16.5. The summed E-state index contributed by atoms with van der Waals surface area (Å²) in [5, 5.41) is 12.0. The van der Waals surface area contributed by atoms with Crippen molar-refractivity contribution in [2.45, 2.75) is 44.6 Å². The molecule has 0 radical (unpaired) electrons. The molecule has 7 heteroatoms. The molecule has 1 unspecified atom stereocenters. The number of aryl methyl sites for hydroxylation is 1. The first-order valence-electron chi connectivity index (χ1n) is 8.42. The second-order valence-electron chi connectivity index (χ2n) is 6.54. The molecular formula is C17H20N4O3. The summed E-state index contributed by atoms with van der Waals surface area (Å²) < 4.78 is 11.2. The van der Waals surface area contributed by atoms with Crippen LogP contribution >= 0.6 is 0 Å². The van der Waals surface area contributed by atoms with Crippen LogP contribution in [0.3, 0.4) is 0 Å². The van der Waals surface area contributed by atoms with Crippen LogP contribution in [0.4, 0.5) is 0 Å². The van der Waals surface area contributed by atoms with Crippen molar-refractivity contribution in [3.8, 4) is 5.88 Å². The third-order valence-electron chi connectivity index (χ3n) is 4.45. The summed E-state index contributed by atoms with van der Waals surface area (Å²) in [5.74, 6) is 1.70. The molecule has 1 aliphatic heterocycles. The highest BCUT2D eigenvalue weighted by molar-refractivity contribution is 5.92. The Morgan fingerprint density at radius 1 is 1.29 bits per heavy atom. The second-order valence-corrected chi connectivity index (χ2v) is 6.54. The minimum Gasteiger partial charge on any atom is -0.471 e. The number of nitrogens with zero attached hydrogens (tertiary/aromatic N) is 4. The minimum atomic E-state index is -0.0889. The van der Waals surface area contributed by atoms with E-state index in [-0.39, 0.29) is 12.0 Å². The van der Waals surface area contributed by atoms with Gasteiger partial charge in [0.1, 0.15) is 11.9 Å². The summed E-state index contributed by atoms with van der Waals surface area (Å²) in [6, 6.07) is 5.46. The van der Waals surface area contributed by atoms with E-state index in [1.54, 1.807) is 11.0 Å². The number of piperidine rings is 1. The molecule has 0 spiro atoms. The van der Waals surface area contributed by atoms with Gasteiger partial charge < -0.3 is 14.2 Å². The monoisotopic (exact) mass is 328 g/mol. The van der Waals surface area contributed by atoms with Crippen LogP contribution in [0, 0.1) is 6.92 Å².